The van der Waals surface area contributed by atoms with Crippen LogP contribution in [0.15, 0.2) is 0 Å². The summed E-state index contributed by atoms with van der Waals surface area (Å²) in [5.41, 5.74) is 0.680. The fourth-order valence-electron chi connectivity index (χ4n) is 3.03. The van der Waals surface area contributed by atoms with E-state index in [0.717, 1.165) is 51.3 Å². The number of carbonyl (C=O) groups excluding carboxylic acids is 1. The van der Waals surface area contributed by atoms with Gasteiger partial charge in [0.25, 0.3) is 5.91 Å². The zero-order valence-corrected chi connectivity index (χ0v) is 12.8. The molecule has 1 amide bonds. The first-order chi connectivity index (χ1) is 9.60. The summed E-state index contributed by atoms with van der Waals surface area (Å²) in [6, 6.07) is 0. The maximum absolute atomic E-state index is 12.4. The van der Waals surface area contributed by atoms with Crippen molar-refractivity contribution < 1.29 is 9.53 Å². The van der Waals surface area contributed by atoms with Crippen molar-refractivity contribution in [1.82, 2.24) is 19.4 Å². The SMILES string of the molecule is Cc1nnsc1C(=O)N1CCC2(CC1)CN(C)CCO2. The van der Waals surface area contributed by atoms with Crippen LogP contribution < -0.4 is 0 Å². The van der Waals surface area contributed by atoms with Gasteiger partial charge < -0.3 is 14.5 Å². The van der Waals surface area contributed by atoms with E-state index in [-0.39, 0.29) is 11.5 Å². The van der Waals surface area contributed by atoms with Crippen LogP contribution >= 0.6 is 11.5 Å². The molecule has 0 bridgehead atoms. The van der Waals surface area contributed by atoms with E-state index in [1.54, 1.807) is 0 Å². The van der Waals surface area contributed by atoms with E-state index in [1.807, 2.05) is 11.8 Å². The Balaban J connectivity index is 1.64. The van der Waals surface area contributed by atoms with Gasteiger partial charge in [-0.2, -0.15) is 0 Å². The fraction of sp³-hybridized carbons (Fsp3) is 0.769. The Labute approximate surface area is 122 Å². The average Bonchev–Trinajstić information content (AvgIpc) is 2.85. The first-order valence-electron chi connectivity index (χ1n) is 7.00. The Kier molecular flexibility index (Phi) is 3.74. The van der Waals surface area contributed by atoms with E-state index in [1.165, 1.54) is 11.5 Å². The first kappa shape index (κ1) is 13.9. The molecular formula is C13H20N4O2S. The highest BCUT2D eigenvalue weighted by atomic mass is 32.1. The molecule has 1 spiro atoms. The van der Waals surface area contributed by atoms with Crippen LogP contribution in [0.5, 0.6) is 0 Å². The molecule has 2 saturated heterocycles. The molecule has 3 rings (SSSR count). The molecule has 20 heavy (non-hydrogen) atoms. The number of ether oxygens (including phenoxy) is 1. The predicted octanol–water partition coefficient (Wildman–Crippen LogP) is 0.783. The minimum absolute atomic E-state index is 0.0508. The van der Waals surface area contributed by atoms with Gasteiger partial charge in [-0.25, -0.2) is 0 Å². The van der Waals surface area contributed by atoms with Crippen molar-refractivity contribution in [2.75, 3.05) is 39.8 Å². The van der Waals surface area contributed by atoms with Crippen molar-refractivity contribution in [3.63, 3.8) is 0 Å². The zero-order valence-electron chi connectivity index (χ0n) is 12.0. The van der Waals surface area contributed by atoms with Crippen LogP contribution in [0.3, 0.4) is 0 Å². The molecule has 0 aromatic carbocycles. The van der Waals surface area contributed by atoms with E-state index < -0.39 is 0 Å². The van der Waals surface area contributed by atoms with Crippen molar-refractivity contribution in [3.8, 4) is 0 Å². The number of hydrogen-bond acceptors (Lipinski definition) is 6. The summed E-state index contributed by atoms with van der Waals surface area (Å²) in [4.78, 5) is 17.3. The minimum atomic E-state index is -0.0508. The summed E-state index contributed by atoms with van der Waals surface area (Å²) in [7, 11) is 2.13. The Morgan fingerprint density at radius 3 is 2.70 bits per heavy atom. The third kappa shape index (κ3) is 2.57. The number of rotatable bonds is 1. The predicted molar refractivity (Wildman–Crippen MR) is 76.0 cm³/mol. The van der Waals surface area contributed by atoms with Crippen LogP contribution in [0.4, 0.5) is 0 Å². The van der Waals surface area contributed by atoms with Crippen LogP contribution in [0.25, 0.3) is 0 Å². The van der Waals surface area contributed by atoms with Crippen molar-refractivity contribution in [2.24, 2.45) is 0 Å². The summed E-state index contributed by atoms with van der Waals surface area (Å²) in [6.45, 7) is 6.10. The second-order valence-corrected chi connectivity index (χ2v) is 6.50. The molecule has 1 aromatic rings. The lowest BCUT2D eigenvalue weighted by molar-refractivity contribution is -0.127. The number of amides is 1. The van der Waals surface area contributed by atoms with Crippen LogP contribution in [0.1, 0.15) is 28.2 Å². The van der Waals surface area contributed by atoms with Gasteiger partial charge in [-0.05, 0) is 38.3 Å². The quantitative estimate of drug-likeness (QED) is 0.766. The standard InChI is InChI=1S/C13H20N4O2S/c1-10-11(20-15-14-10)12(18)17-5-3-13(4-6-17)9-16(2)7-8-19-13/h3-9H2,1-2H3. The number of piperidine rings is 1. The van der Waals surface area contributed by atoms with Crippen molar-refractivity contribution in [1.29, 1.82) is 0 Å². The van der Waals surface area contributed by atoms with Gasteiger partial charge in [0.2, 0.25) is 0 Å². The van der Waals surface area contributed by atoms with Crippen molar-refractivity contribution in [3.05, 3.63) is 10.6 Å². The Morgan fingerprint density at radius 1 is 1.35 bits per heavy atom. The molecule has 0 saturated carbocycles. The van der Waals surface area contributed by atoms with Gasteiger partial charge in [-0.3, -0.25) is 4.79 Å². The van der Waals surface area contributed by atoms with E-state index in [2.05, 4.69) is 21.5 Å². The largest absolute Gasteiger partial charge is 0.372 e. The maximum Gasteiger partial charge on any atom is 0.267 e. The summed E-state index contributed by atoms with van der Waals surface area (Å²) in [5, 5.41) is 3.92. The van der Waals surface area contributed by atoms with E-state index in [4.69, 9.17) is 4.74 Å². The lowest BCUT2D eigenvalue weighted by Gasteiger charge is -2.46. The monoisotopic (exact) mass is 296 g/mol. The van der Waals surface area contributed by atoms with Gasteiger partial charge in [0.15, 0.2) is 0 Å². The molecule has 0 atom stereocenters. The molecule has 0 unspecified atom stereocenters. The number of nitrogens with zero attached hydrogens (tertiary/aromatic N) is 4. The Hall–Kier alpha value is -1.05. The fourth-order valence-corrected chi connectivity index (χ4v) is 3.65. The molecule has 0 radical (unpaired) electrons. The summed E-state index contributed by atoms with van der Waals surface area (Å²) < 4.78 is 9.86. The second-order valence-electron chi connectivity index (χ2n) is 5.75. The van der Waals surface area contributed by atoms with Gasteiger partial charge in [-0.1, -0.05) is 4.49 Å². The minimum Gasteiger partial charge on any atom is -0.372 e. The smallest absolute Gasteiger partial charge is 0.267 e. The van der Waals surface area contributed by atoms with Gasteiger partial charge in [0.1, 0.15) is 4.88 Å². The van der Waals surface area contributed by atoms with Crippen LogP contribution in [-0.2, 0) is 4.74 Å². The Morgan fingerprint density at radius 2 is 2.10 bits per heavy atom. The number of aryl methyl sites for hydroxylation is 1. The van der Waals surface area contributed by atoms with Crippen molar-refractivity contribution >= 4 is 17.4 Å². The van der Waals surface area contributed by atoms with E-state index in [9.17, 15) is 4.79 Å². The molecule has 1 aromatic heterocycles. The third-order valence-electron chi connectivity index (χ3n) is 4.25. The molecule has 0 aliphatic carbocycles. The number of likely N-dealkylation sites (tertiary alicyclic amines) is 1. The number of aromatic nitrogens is 2. The average molecular weight is 296 g/mol. The molecule has 7 heteroatoms. The van der Waals surface area contributed by atoms with Gasteiger partial charge in [0, 0.05) is 26.2 Å². The van der Waals surface area contributed by atoms with Gasteiger partial charge in [0.05, 0.1) is 17.9 Å². The lowest BCUT2D eigenvalue weighted by Crippen LogP contribution is -2.56. The number of likely N-dealkylation sites (N-methyl/N-ethyl adjacent to an activating group) is 1. The maximum atomic E-state index is 12.4. The highest BCUT2D eigenvalue weighted by Gasteiger charge is 2.40. The summed E-state index contributed by atoms with van der Waals surface area (Å²) in [6.07, 6.45) is 1.82. The molecular weight excluding hydrogens is 276 g/mol. The van der Waals surface area contributed by atoms with Crippen LogP contribution in [0.2, 0.25) is 0 Å². The molecule has 2 aliphatic heterocycles. The molecule has 3 heterocycles. The van der Waals surface area contributed by atoms with Crippen LogP contribution in [0, 0.1) is 6.92 Å². The van der Waals surface area contributed by atoms with Crippen LogP contribution in [-0.4, -0.2) is 70.7 Å². The normalized spacial score (nSPS) is 23.2. The molecule has 2 aliphatic rings. The molecule has 6 nitrogen and oxygen atoms in total. The van der Waals surface area contributed by atoms with E-state index in [0.29, 0.717) is 4.88 Å². The summed E-state index contributed by atoms with van der Waals surface area (Å²) >= 11 is 1.19. The summed E-state index contributed by atoms with van der Waals surface area (Å²) in [5.74, 6) is 0.0662. The molecule has 0 N–H and O–H groups in total. The lowest BCUT2D eigenvalue weighted by atomic mass is 9.89. The van der Waals surface area contributed by atoms with E-state index >= 15 is 0 Å². The number of carbonyl (C=O) groups is 1. The second kappa shape index (κ2) is 5.38. The first-order valence-corrected chi connectivity index (χ1v) is 7.78. The number of hydrogen-bond donors (Lipinski definition) is 0. The van der Waals surface area contributed by atoms with Crippen molar-refractivity contribution in [2.45, 2.75) is 25.4 Å². The zero-order chi connectivity index (χ0) is 14.2. The van der Waals surface area contributed by atoms with Gasteiger partial charge >= 0.3 is 0 Å². The van der Waals surface area contributed by atoms with Gasteiger partial charge in [-0.15, -0.1) is 5.10 Å². The highest BCUT2D eigenvalue weighted by molar-refractivity contribution is 7.07. The highest BCUT2D eigenvalue weighted by Crippen LogP contribution is 2.30. The third-order valence-corrected chi connectivity index (χ3v) is 5.06. The Bertz CT molecular complexity index is 496. The molecule has 110 valence electrons. The topological polar surface area (TPSA) is 58.6 Å². The number of morpholine rings is 1. The molecule has 2 fully saturated rings.